The van der Waals surface area contributed by atoms with Crippen LogP contribution in [0.3, 0.4) is 0 Å². The van der Waals surface area contributed by atoms with E-state index in [0.29, 0.717) is 11.7 Å². The third-order valence-corrected chi connectivity index (χ3v) is 5.72. The molecule has 0 aliphatic heterocycles. The van der Waals surface area contributed by atoms with Gasteiger partial charge in [0.25, 0.3) is 5.95 Å². The number of fused-ring (bicyclic) bond motifs is 1. The minimum absolute atomic E-state index is 0.643. The Balaban J connectivity index is 1.41. The van der Waals surface area contributed by atoms with Crippen LogP contribution in [-0.2, 0) is 12.8 Å². The maximum Gasteiger partial charge on any atom is 0.256 e. The molecule has 9 heteroatoms. The van der Waals surface area contributed by atoms with Gasteiger partial charge >= 0.3 is 0 Å². The highest BCUT2D eigenvalue weighted by Crippen LogP contribution is 2.30. The third-order valence-electron chi connectivity index (χ3n) is 4.75. The number of rotatable bonds is 7. The van der Waals surface area contributed by atoms with Crippen LogP contribution < -0.4 is 5.32 Å². The molecule has 0 bridgehead atoms. The summed E-state index contributed by atoms with van der Waals surface area (Å²) >= 11 is 1.63. The molecule has 0 unspecified atom stereocenters. The van der Waals surface area contributed by atoms with Gasteiger partial charge in [0.15, 0.2) is 5.16 Å². The molecule has 1 saturated carbocycles. The number of nitrogens with zero attached hydrogens (tertiary/aromatic N) is 7. The summed E-state index contributed by atoms with van der Waals surface area (Å²) in [4.78, 5) is 9.53. The van der Waals surface area contributed by atoms with E-state index < -0.39 is 0 Å². The van der Waals surface area contributed by atoms with Gasteiger partial charge in [0.2, 0.25) is 0 Å². The molecule has 0 spiro atoms. The number of para-hydroxylation sites is 2. The van der Waals surface area contributed by atoms with E-state index in [-0.39, 0.29) is 0 Å². The van der Waals surface area contributed by atoms with Crippen LogP contribution in [0.2, 0.25) is 0 Å². The minimum Gasteiger partial charge on any atom is -0.370 e. The van der Waals surface area contributed by atoms with Gasteiger partial charge in [-0.3, -0.25) is 4.57 Å². The number of tetrazole rings is 1. The second-order valence-electron chi connectivity index (χ2n) is 6.95. The summed E-state index contributed by atoms with van der Waals surface area (Å²) in [6.07, 6.45) is 2.66. The summed E-state index contributed by atoms with van der Waals surface area (Å²) < 4.78 is 3.65. The monoisotopic (exact) mass is 392 g/mol. The van der Waals surface area contributed by atoms with Gasteiger partial charge < -0.3 is 5.32 Å². The number of thioether (sulfide) groups is 1. The second-order valence-corrected chi connectivity index (χ2v) is 7.89. The van der Waals surface area contributed by atoms with Gasteiger partial charge in [0.05, 0.1) is 16.7 Å². The van der Waals surface area contributed by atoms with Gasteiger partial charge in [-0.2, -0.15) is 0 Å². The molecule has 1 aliphatic rings. The van der Waals surface area contributed by atoms with Crippen LogP contribution >= 0.6 is 11.8 Å². The van der Waals surface area contributed by atoms with E-state index in [1.54, 1.807) is 16.4 Å². The van der Waals surface area contributed by atoms with Crippen LogP contribution in [0.25, 0.3) is 17.0 Å². The summed E-state index contributed by atoms with van der Waals surface area (Å²) in [7, 11) is 1.83. The zero-order valence-electron chi connectivity index (χ0n) is 15.5. The van der Waals surface area contributed by atoms with Crippen LogP contribution in [-0.4, -0.2) is 41.3 Å². The van der Waals surface area contributed by atoms with E-state index in [2.05, 4.69) is 20.8 Å². The lowest BCUT2D eigenvalue weighted by atomic mass is 10.3. The number of aromatic nitrogens is 7. The zero-order valence-corrected chi connectivity index (χ0v) is 16.3. The van der Waals surface area contributed by atoms with Crippen molar-refractivity contribution in [2.24, 2.45) is 13.0 Å². The Morgan fingerprint density at radius 2 is 2.00 bits per heavy atom. The molecule has 1 aromatic carbocycles. The standard InChI is InChI=1S/C19H20N8S/c1-26-18(23-24-25-26)27-16-7-3-2-6-15(16)22-19(27)28-12-14-5-4-8-17(21-14)20-11-13-9-10-13/h2-8,13H,9-12H2,1H3,(H,20,21). The Morgan fingerprint density at radius 1 is 1.11 bits per heavy atom. The second kappa shape index (κ2) is 7.23. The largest absolute Gasteiger partial charge is 0.370 e. The average Bonchev–Trinajstić information content (AvgIpc) is 3.35. The first kappa shape index (κ1) is 17.2. The number of hydrogen-bond acceptors (Lipinski definition) is 7. The SMILES string of the molecule is Cn1nnnc1-n1c(SCc2cccc(NCC3CC3)n2)nc2ccccc21. The van der Waals surface area contributed by atoms with Crippen molar-refractivity contribution in [1.29, 1.82) is 0 Å². The molecule has 0 saturated heterocycles. The summed E-state index contributed by atoms with van der Waals surface area (Å²) in [6.45, 7) is 1.01. The lowest BCUT2D eigenvalue weighted by Gasteiger charge is -2.08. The van der Waals surface area contributed by atoms with E-state index in [1.165, 1.54) is 12.8 Å². The van der Waals surface area contributed by atoms with Crippen molar-refractivity contribution in [2.45, 2.75) is 23.8 Å². The molecule has 4 aromatic rings. The molecular formula is C19H20N8S. The smallest absolute Gasteiger partial charge is 0.256 e. The Hall–Kier alpha value is -2.94. The molecule has 1 fully saturated rings. The van der Waals surface area contributed by atoms with Crippen LogP contribution in [0, 0.1) is 5.92 Å². The van der Waals surface area contributed by atoms with Gasteiger partial charge in [-0.25, -0.2) is 14.6 Å². The Kier molecular flexibility index (Phi) is 4.44. The molecule has 0 amide bonds. The molecule has 0 radical (unpaired) electrons. The molecular weight excluding hydrogens is 372 g/mol. The Labute approximate surface area is 166 Å². The van der Waals surface area contributed by atoms with E-state index in [0.717, 1.165) is 40.2 Å². The molecule has 1 aliphatic carbocycles. The Bertz CT molecular complexity index is 1110. The van der Waals surface area contributed by atoms with Crippen molar-refractivity contribution in [1.82, 2.24) is 34.7 Å². The number of benzene rings is 1. The summed E-state index contributed by atoms with van der Waals surface area (Å²) in [5, 5.41) is 16.2. The average molecular weight is 392 g/mol. The fourth-order valence-corrected chi connectivity index (χ4v) is 3.99. The van der Waals surface area contributed by atoms with Crippen molar-refractivity contribution >= 4 is 28.6 Å². The maximum absolute atomic E-state index is 4.79. The number of nitrogens with one attached hydrogen (secondary N) is 1. The molecule has 0 atom stereocenters. The van der Waals surface area contributed by atoms with Crippen LogP contribution in [0.1, 0.15) is 18.5 Å². The minimum atomic E-state index is 0.643. The topological polar surface area (TPSA) is 86.3 Å². The predicted molar refractivity (Wildman–Crippen MR) is 108 cm³/mol. The fraction of sp³-hybridized carbons (Fsp3) is 0.316. The van der Waals surface area contributed by atoms with Crippen molar-refractivity contribution in [3.05, 3.63) is 48.2 Å². The van der Waals surface area contributed by atoms with Crippen molar-refractivity contribution in [3.63, 3.8) is 0 Å². The number of pyridine rings is 1. The number of aryl methyl sites for hydroxylation is 1. The van der Waals surface area contributed by atoms with Gasteiger partial charge in [-0.05, 0) is 53.5 Å². The van der Waals surface area contributed by atoms with Gasteiger partial charge in [0.1, 0.15) is 5.82 Å². The zero-order chi connectivity index (χ0) is 18.9. The normalized spacial score (nSPS) is 13.9. The lowest BCUT2D eigenvalue weighted by Crippen LogP contribution is -2.06. The Morgan fingerprint density at radius 3 is 2.82 bits per heavy atom. The highest BCUT2D eigenvalue weighted by Gasteiger charge is 2.21. The number of hydrogen-bond donors (Lipinski definition) is 1. The summed E-state index contributed by atoms with van der Waals surface area (Å²) in [5.41, 5.74) is 2.91. The fourth-order valence-electron chi connectivity index (χ4n) is 3.08. The molecule has 3 aromatic heterocycles. The van der Waals surface area contributed by atoms with E-state index in [1.807, 2.05) is 54.1 Å². The first-order chi connectivity index (χ1) is 13.8. The highest BCUT2D eigenvalue weighted by molar-refractivity contribution is 7.98. The quantitative estimate of drug-likeness (QED) is 0.484. The van der Waals surface area contributed by atoms with Gasteiger partial charge in [-0.15, -0.1) is 0 Å². The van der Waals surface area contributed by atoms with E-state index in [4.69, 9.17) is 9.97 Å². The summed E-state index contributed by atoms with van der Waals surface area (Å²) in [5.74, 6) is 3.12. The van der Waals surface area contributed by atoms with Gasteiger partial charge in [0, 0.05) is 19.3 Å². The van der Waals surface area contributed by atoms with Crippen molar-refractivity contribution in [3.8, 4) is 5.95 Å². The molecule has 8 nitrogen and oxygen atoms in total. The number of imidazole rings is 1. The number of anilines is 1. The predicted octanol–water partition coefficient (Wildman–Crippen LogP) is 3.06. The summed E-state index contributed by atoms with van der Waals surface area (Å²) in [6, 6.07) is 14.1. The highest BCUT2D eigenvalue weighted by atomic mass is 32.2. The van der Waals surface area contributed by atoms with Crippen LogP contribution in [0.4, 0.5) is 5.82 Å². The maximum atomic E-state index is 4.79. The van der Waals surface area contributed by atoms with E-state index in [9.17, 15) is 0 Å². The van der Waals surface area contributed by atoms with E-state index >= 15 is 0 Å². The van der Waals surface area contributed by atoms with Crippen molar-refractivity contribution < 1.29 is 0 Å². The third kappa shape index (κ3) is 3.45. The molecule has 28 heavy (non-hydrogen) atoms. The van der Waals surface area contributed by atoms with Crippen LogP contribution in [0.15, 0.2) is 47.6 Å². The molecule has 1 N–H and O–H groups in total. The molecule has 5 rings (SSSR count). The van der Waals surface area contributed by atoms with Gasteiger partial charge in [-0.1, -0.05) is 35.1 Å². The molecule has 142 valence electrons. The lowest BCUT2D eigenvalue weighted by molar-refractivity contribution is 0.682. The molecule has 3 heterocycles. The van der Waals surface area contributed by atoms with Crippen molar-refractivity contribution in [2.75, 3.05) is 11.9 Å². The first-order valence-electron chi connectivity index (χ1n) is 9.31. The van der Waals surface area contributed by atoms with Crippen LogP contribution in [0.5, 0.6) is 0 Å². The first-order valence-corrected chi connectivity index (χ1v) is 10.3.